The second-order valence-electron chi connectivity index (χ2n) is 14.1. The first-order valence-electron chi connectivity index (χ1n) is 18.7. The Balaban J connectivity index is 1.07. The fourth-order valence-corrected chi connectivity index (χ4v) is 8.27. The monoisotopic (exact) mass is 703 g/mol. The molecule has 3 heteroatoms. The lowest BCUT2D eigenvalue weighted by molar-refractivity contribution is 0.664. The van der Waals surface area contributed by atoms with E-state index in [9.17, 15) is 0 Å². The van der Waals surface area contributed by atoms with Gasteiger partial charge in [-0.2, -0.15) is 0 Å². The molecule has 0 saturated carbocycles. The van der Waals surface area contributed by atoms with Gasteiger partial charge in [0, 0.05) is 44.2 Å². The molecule has 2 aromatic heterocycles. The normalized spacial score (nSPS) is 11.6. The van der Waals surface area contributed by atoms with E-state index in [0.29, 0.717) is 0 Å². The molecule has 0 N–H and O–H groups in total. The zero-order valence-electron chi connectivity index (χ0n) is 29.8. The molecule has 0 aliphatic rings. The summed E-state index contributed by atoms with van der Waals surface area (Å²) in [5.74, 6) is 0. The molecule has 0 fully saturated rings. The van der Waals surface area contributed by atoms with Gasteiger partial charge in [0.1, 0.15) is 22.3 Å². The van der Waals surface area contributed by atoms with Crippen molar-refractivity contribution in [3.8, 4) is 33.4 Å². The van der Waals surface area contributed by atoms with Gasteiger partial charge in [0.05, 0.1) is 0 Å². The third kappa shape index (κ3) is 5.20. The number of fused-ring (bicyclic) bond motifs is 7. The third-order valence-corrected chi connectivity index (χ3v) is 10.9. The molecule has 9 aromatic carbocycles. The van der Waals surface area contributed by atoms with Gasteiger partial charge in [-0.3, -0.25) is 0 Å². The first-order valence-corrected chi connectivity index (χ1v) is 18.7. The molecule has 11 rings (SSSR count). The Morgan fingerprint density at radius 2 is 0.927 bits per heavy atom. The molecule has 0 atom stereocenters. The number of hydrogen-bond donors (Lipinski definition) is 0. The Labute approximate surface area is 317 Å². The van der Waals surface area contributed by atoms with Gasteiger partial charge in [-0.1, -0.05) is 146 Å². The maximum Gasteiger partial charge on any atom is 0.144 e. The summed E-state index contributed by atoms with van der Waals surface area (Å²) < 4.78 is 13.4. The Morgan fingerprint density at radius 3 is 1.69 bits per heavy atom. The number of hydrogen-bond acceptors (Lipinski definition) is 3. The fourth-order valence-electron chi connectivity index (χ4n) is 8.27. The zero-order valence-corrected chi connectivity index (χ0v) is 29.8. The van der Waals surface area contributed by atoms with E-state index in [2.05, 4.69) is 193 Å². The first kappa shape index (κ1) is 31.2. The number of rotatable bonds is 6. The predicted molar refractivity (Wildman–Crippen MR) is 229 cm³/mol. The second kappa shape index (κ2) is 12.6. The van der Waals surface area contributed by atoms with Gasteiger partial charge < -0.3 is 13.7 Å². The molecule has 0 saturated heterocycles. The van der Waals surface area contributed by atoms with Crippen molar-refractivity contribution in [3.63, 3.8) is 0 Å². The molecule has 11 aromatic rings. The molecule has 2 heterocycles. The Morgan fingerprint density at radius 1 is 0.327 bits per heavy atom. The Hall–Kier alpha value is -7.36. The van der Waals surface area contributed by atoms with Crippen molar-refractivity contribution >= 4 is 71.7 Å². The summed E-state index contributed by atoms with van der Waals surface area (Å²) in [7, 11) is 0. The number of nitrogens with zero attached hydrogens (tertiary/aromatic N) is 1. The minimum Gasteiger partial charge on any atom is -0.456 e. The van der Waals surface area contributed by atoms with E-state index in [1.807, 2.05) is 12.1 Å². The first-order chi connectivity index (χ1) is 27.3. The maximum absolute atomic E-state index is 6.83. The molecule has 0 bridgehead atoms. The summed E-state index contributed by atoms with van der Waals surface area (Å²) in [6, 6.07) is 70.8. The summed E-state index contributed by atoms with van der Waals surface area (Å²) in [5.41, 5.74) is 13.5. The average Bonchev–Trinajstić information content (AvgIpc) is 3.82. The highest BCUT2D eigenvalue weighted by atomic mass is 16.3. The third-order valence-electron chi connectivity index (χ3n) is 10.9. The van der Waals surface area contributed by atoms with Crippen molar-refractivity contribution in [1.82, 2.24) is 0 Å². The van der Waals surface area contributed by atoms with E-state index in [1.165, 1.54) is 21.9 Å². The lowest BCUT2D eigenvalue weighted by Crippen LogP contribution is -2.09. The van der Waals surface area contributed by atoms with E-state index in [1.54, 1.807) is 0 Å². The molecule has 55 heavy (non-hydrogen) atoms. The molecule has 0 aliphatic carbocycles. The van der Waals surface area contributed by atoms with Crippen molar-refractivity contribution in [2.45, 2.75) is 0 Å². The van der Waals surface area contributed by atoms with Crippen LogP contribution in [0.3, 0.4) is 0 Å². The van der Waals surface area contributed by atoms with Crippen LogP contribution in [0.5, 0.6) is 0 Å². The summed E-state index contributed by atoms with van der Waals surface area (Å²) in [5, 5.41) is 6.69. The van der Waals surface area contributed by atoms with Gasteiger partial charge in [0.2, 0.25) is 0 Å². The lowest BCUT2D eigenvalue weighted by atomic mass is 9.94. The van der Waals surface area contributed by atoms with Crippen LogP contribution in [0.15, 0.2) is 209 Å². The molecule has 0 spiro atoms. The molecule has 0 aliphatic heterocycles. The Bertz CT molecular complexity index is 3180. The van der Waals surface area contributed by atoms with E-state index in [-0.39, 0.29) is 0 Å². The molecule has 258 valence electrons. The standard InChI is InChI=1S/C52H33NO2/c1-3-12-34(13-4-1)36-22-27-40(28-23-36)53(42-31-24-35-14-7-8-17-39(35)32-42)41-29-25-37(26-30-41)43-19-11-21-47-50(43)45-33-48-51(44-18-9-10-20-46(44)54-48)49(52(45)55-47)38-15-5-2-6-16-38/h1-33H. The molecular weight excluding hydrogens is 671 g/mol. The van der Waals surface area contributed by atoms with Crippen LogP contribution in [0.2, 0.25) is 0 Å². The largest absolute Gasteiger partial charge is 0.456 e. The second-order valence-corrected chi connectivity index (χ2v) is 14.1. The lowest BCUT2D eigenvalue weighted by Gasteiger charge is -2.26. The topological polar surface area (TPSA) is 29.5 Å². The zero-order chi connectivity index (χ0) is 36.3. The summed E-state index contributed by atoms with van der Waals surface area (Å²) >= 11 is 0. The van der Waals surface area contributed by atoms with Crippen LogP contribution >= 0.6 is 0 Å². The van der Waals surface area contributed by atoms with Crippen LogP contribution in [0, 0.1) is 0 Å². The highest BCUT2D eigenvalue weighted by molar-refractivity contribution is 6.25. The van der Waals surface area contributed by atoms with Crippen LogP contribution in [0.1, 0.15) is 0 Å². The molecule has 3 nitrogen and oxygen atoms in total. The smallest absolute Gasteiger partial charge is 0.144 e. The predicted octanol–water partition coefficient (Wildman–Crippen LogP) is 15.1. The van der Waals surface area contributed by atoms with Crippen LogP contribution in [0.25, 0.3) is 88.0 Å². The summed E-state index contributed by atoms with van der Waals surface area (Å²) in [4.78, 5) is 2.34. The van der Waals surface area contributed by atoms with Crippen molar-refractivity contribution in [2.24, 2.45) is 0 Å². The van der Waals surface area contributed by atoms with Crippen molar-refractivity contribution < 1.29 is 8.83 Å². The van der Waals surface area contributed by atoms with Crippen LogP contribution in [-0.2, 0) is 0 Å². The number of para-hydroxylation sites is 1. The molecule has 0 amide bonds. The van der Waals surface area contributed by atoms with Gasteiger partial charge in [-0.25, -0.2) is 0 Å². The van der Waals surface area contributed by atoms with E-state index < -0.39 is 0 Å². The van der Waals surface area contributed by atoms with Crippen LogP contribution < -0.4 is 4.90 Å². The van der Waals surface area contributed by atoms with Gasteiger partial charge in [0.15, 0.2) is 0 Å². The average molecular weight is 704 g/mol. The fraction of sp³-hybridized carbons (Fsp3) is 0. The number of furan rings is 2. The number of anilines is 3. The highest BCUT2D eigenvalue weighted by Gasteiger charge is 2.23. The van der Waals surface area contributed by atoms with Gasteiger partial charge in [-0.15, -0.1) is 0 Å². The molecule has 0 radical (unpaired) electrons. The SMILES string of the molecule is c1ccc(-c2ccc(N(c3ccc(-c4cccc5oc6c(-c7ccccc7)c7c(cc6c45)oc4ccccc47)cc3)c3ccc4ccccc4c3)cc2)cc1. The van der Waals surface area contributed by atoms with Crippen molar-refractivity contribution in [3.05, 3.63) is 200 Å². The summed E-state index contributed by atoms with van der Waals surface area (Å²) in [6.07, 6.45) is 0. The van der Waals surface area contributed by atoms with E-state index >= 15 is 0 Å². The van der Waals surface area contributed by atoms with Crippen molar-refractivity contribution in [1.29, 1.82) is 0 Å². The minimum atomic E-state index is 0.849. The maximum atomic E-state index is 6.83. The van der Waals surface area contributed by atoms with Crippen LogP contribution in [-0.4, -0.2) is 0 Å². The van der Waals surface area contributed by atoms with Gasteiger partial charge >= 0.3 is 0 Å². The molecule has 0 unspecified atom stereocenters. The van der Waals surface area contributed by atoms with E-state index in [0.717, 1.165) is 83.2 Å². The molecular formula is C52H33NO2. The van der Waals surface area contributed by atoms with Gasteiger partial charge in [-0.05, 0) is 93.2 Å². The summed E-state index contributed by atoms with van der Waals surface area (Å²) in [6.45, 7) is 0. The Kier molecular flexibility index (Phi) is 7.17. The van der Waals surface area contributed by atoms with Crippen LogP contribution in [0.4, 0.5) is 17.1 Å². The number of benzene rings is 9. The quantitative estimate of drug-likeness (QED) is 0.173. The van der Waals surface area contributed by atoms with Gasteiger partial charge in [0.25, 0.3) is 0 Å². The highest BCUT2D eigenvalue weighted by Crippen LogP contribution is 2.47. The van der Waals surface area contributed by atoms with E-state index in [4.69, 9.17) is 8.83 Å². The van der Waals surface area contributed by atoms with Crippen molar-refractivity contribution in [2.75, 3.05) is 4.90 Å². The minimum absolute atomic E-state index is 0.849.